The highest BCUT2D eigenvalue weighted by molar-refractivity contribution is 7.88. The lowest BCUT2D eigenvalue weighted by atomic mass is 10.0. The van der Waals surface area contributed by atoms with Crippen LogP contribution in [0.15, 0.2) is 0 Å². The molecule has 6 heteroatoms. The van der Waals surface area contributed by atoms with E-state index in [9.17, 15) is 13.2 Å². The lowest BCUT2D eigenvalue weighted by molar-refractivity contribution is -0.140. The monoisotopic (exact) mass is 378 g/mol. The van der Waals surface area contributed by atoms with E-state index in [2.05, 4.69) is 6.92 Å². The van der Waals surface area contributed by atoms with E-state index in [0.29, 0.717) is 6.42 Å². The molecular weight excluding hydrogens is 340 g/mol. The van der Waals surface area contributed by atoms with Crippen LogP contribution in [0.1, 0.15) is 110 Å². The van der Waals surface area contributed by atoms with E-state index in [-0.39, 0.29) is 6.42 Å². The van der Waals surface area contributed by atoms with Gasteiger partial charge in [-0.2, -0.15) is 8.42 Å². The molecule has 0 heterocycles. The second-order valence-electron chi connectivity index (χ2n) is 7.36. The van der Waals surface area contributed by atoms with Crippen molar-refractivity contribution in [3.05, 3.63) is 0 Å². The van der Waals surface area contributed by atoms with Gasteiger partial charge in [-0.3, -0.25) is 9.35 Å². The molecule has 0 saturated carbocycles. The minimum atomic E-state index is -4.58. The van der Waals surface area contributed by atoms with Crippen molar-refractivity contribution in [2.24, 2.45) is 0 Å². The lowest BCUT2D eigenvalue weighted by Gasteiger charge is -2.20. The van der Waals surface area contributed by atoms with Crippen LogP contribution in [0.5, 0.6) is 0 Å². The molecule has 0 radical (unpaired) electrons. The summed E-state index contributed by atoms with van der Waals surface area (Å²) in [5.74, 6) is -1.48. The van der Waals surface area contributed by atoms with Crippen molar-refractivity contribution >= 4 is 16.1 Å². The van der Waals surface area contributed by atoms with Gasteiger partial charge in [-0.25, -0.2) is 0 Å². The fourth-order valence-corrected chi connectivity index (χ4v) is 3.63. The first-order chi connectivity index (χ1) is 11.8. The molecule has 0 aliphatic rings. The van der Waals surface area contributed by atoms with Gasteiger partial charge in [0.25, 0.3) is 10.1 Å². The van der Waals surface area contributed by atoms with Crippen LogP contribution in [0.3, 0.4) is 0 Å². The lowest BCUT2D eigenvalue weighted by Crippen LogP contribution is -2.43. The first-order valence-electron chi connectivity index (χ1n) is 9.96. The molecule has 0 aromatic rings. The van der Waals surface area contributed by atoms with Gasteiger partial charge in [-0.1, -0.05) is 96.8 Å². The molecule has 0 spiro atoms. The average Bonchev–Trinajstić information content (AvgIpc) is 2.53. The quantitative estimate of drug-likeness (QED) is 0.254. The molecular formula is C19H38O5S. The van der Waals surface area contributed by atoms with Crippen molar-refractivity contribution in [1.29, 1.82) is 0 Å². The third kappa shape index (κ3) is 10.9. The van der Waals surface area contributed by atoms with Crippen LogP contribution in [0.4, 0.5) is 0 Å². The molecule has 0 aromatic carbocycles. The Labute approximate surface area is 154 Å². The Morgan fingerprint density at radius 3 is 1.36 bits per heavy atom. The Hall–Kier alpha value is -0.620. The largest absolute Gasteiger partial charge is 0.480 e. The van der Waals surface area contributed by atoms with Crippen molar-refractivity contribution in [3.63, 3.8) is 0 Å². The molecule has 0 aliphatic heterocycles. The van der Waals surface area contributed by atoms with E-state index >= 15 is 0 Å². The number of carboxylic acid groups (broad SMARTS) is 1. The zero-order chi connectivity index (χ0) is 19.2. The molecule has 150 valence electrons. The second kappa shape index (κ2) is 13.6. The molecule has 1 atom stereocenters. The van der Waals surface area contributed by atoms with Crippen LogP contribution < -0.4 is 0 Å². The van der Waals surface area contributed by atoms with Crippen LogP contribution in [0.2, 0.25) is 0 Å². The Morgan fingerprint density at radius 1 is 0.760 bits per heavy atom. The maximum absolute atomic E-state index is 11.2. The molecule has 25 heavy (non-hydrogen) atoms. The Bertz CT molecular complexity index is 447. The zero-order valence-corrected chi connectivity index (χ0v) is 17.0. The van der Waals surface area contributed by atoms with Crippen LogP contribution in [0, 0.1) is 0 Å². The minimum absolute atomic E-state index is 0.0425. The summed E-state index contributed by atoms with van der Waals surface area (Å²) in [7, 11) is -4.58. The van der Waals surface area contributed by atoms with Crippen molar-refractivity contribution in [2.75, 3.05) is 0 Å². The first kappa shape index (κ1) is 24.4. The predicted molar refractivity (Wildman–Crippen MR) is 103 cm³/mol. The fraction of sp³-hybridized carbons (Fsp3) is 0.947. The second-order valence-corrected chi connectivity index (χ2v) is 9.21. The van der Waals surface area contributed by atoms with E-state index < -0.39 is 20.8 Å². The highest BCUT2D eigenvalue weighted by atomic mass is 32.2. The van der Waals surface area contributed by atoms with Crippen LogP contribution in [0.25, 0.3) is 0 Å². The van der Waals surface area contributed by atoms with Crippen molar-refractivity contribution in [3.8, 4) is 0 Å². The molecule has 2 N–H and O–H groups in total. The summed E-state index contributed by atoms with van der Waals surface area (Å²) in [5.41, 5.74) is 0. The normalized spacial score (nSPS) is 14.4. The smallest absolute Gasteiger partial charge is 0.327 e. The summed E-state index contributed by atoms with van der Waals surface area (Å²) >= 11 is 0. The van der Waals surface area contributed by atoms with Gasteiger partial charge in [-0.15, -0.1) is 0 Å². The minimum Gasteiger partial charge on any atom is -0.480 e. The molecule has 0 amide bonds. The van der Waals surface area contributed by atoms with Crippen molar-refractivity contribution < 1.29 is 22.9 Å². The summed E-state index contributed by atoms with van der Waals surface area (Å²) in [6.45, 7) is 3.31. The first-order valence-corrected chi connectivity index (χ1v) is 11.4. The Morgan fingerprint density at radius 2 is 1.08 bits per heavy atom. The summed E-state index contributed by atoms with van der Waals surface area (Å²) in [6.07, 6.45) is 16.5. The number of unbranched alkanes of at least 4 members (excludes halogenated alkanes) is 13. The number of hydrogen-bond acceptors (Lipinski definition) is 3. The van der Waals surface area contributed by atoms with Gasteiger partial charge in [-0.05, 0) is 13.3 Å². The molecule has 0 rings (SSSR count). The maximum Gasteiger partial charge on any atom is 0.327 e. The topological polar surface area (TPSA) is 91.7 Å². The number of aliphatic carboxylic acids is 1. The summed E-state index contributed by atoms with van der Waals surface area (Å²) in [5, 5.41) is 9.03. The molecule has 0 bridgehead atoms. The highest BCUT2D eigenvalue weighted by Gasteiger charge is 2.45. The van der Waals surface area contributed by atoms with Gasteiger partial charge in [0.05, 0.1) is 0 Å². The standard InChI is InChI=1S/C19H38O5S/c1-3-4-5-6-7-8-9-10-11-12-13-14-15-16-17-19(2,18(20)21)25(22,23)24/h3-17H2,1-2H3,(H,20,21)(H,22,23,24)/t19-/m0/s1. The summed E-state index contributed by atoms with van der Waals surface area (Å²) < 4.78 is 29.5. The van der Waals surface area contributed by atoms with Crippen LogP contribution in [-0.4, -0.2) is 28.8 Å². The average molecular weight is 379 g/mol. The van der Waals surface area contributed by atoms with E-state index in [1.807, 2.05) is 0 Å². The van der Waals surface area contributed by atoms with Gasteiger partial charge in [0.1, 0.15) is 0 Å². The number of hydrogen-bond donors (Lipinski definition) is 2. The Kier molecular flexibility index (Phi) is 13.2. The van der Waals surface area contributed by atoms with E-state index in [0.717, 1.165) is 26.2 Å². The van der Waals surface area contributed by atoms with Gasteiger partial charge >= 0.3 is 5.97 Å². The maximum atomic E-state index is 11.2. The predicted octanol–water partition coefficient (Wildman–Crippen LogP) is 5.59. The van der Waals surface area contributed by atoms with E-state index in [1.54, 1.807) is 0 Å². The number of carbonyl (C=O) groups is 1. The third-order valence-electron chi connectivity index (χ3n) is 5.03. The van der Waals surface area contributed by atoms with E-state index in [1.165, 1.54) is 64.2 Å². The van der Waals surface area contributed by atoms with Gasteiger partial charge < -0.3 is 5.11 Å². The molecule has 5 nitrogen and oxygen atoms in total. The molecule has 0 aromatic heterocycles. The summed E-state index contributed by atoms with van der Waals surface area (Å²) in [4.78, 5) is 11.1. The molecule has 0 saturated heterocycles. The van der Waals surface area contributed by atoms with Crippen molar-refractivity contribution in [1.82, 2.24) is 0 Å². The molecule has 0 fully saturated rings. The third-order valence-corrected chi connectivity index (χ3v) is 6.55. The van der Waals surface area contributed by atoms with Gasteiger partial charge in [0, 0.05) is 0 Å². The summed E-state index contributed by atoms with van der Waals surface area (Å²) in [6, 6.07) is 0. The molecule has 0 aliphatic carbocycles. The number of rotatable bonds is 17. The van der Waals surface area contributed by atoms with Gasteiger partial charge in [0.15, 0.2) is 4.75 Å². The van der Waals surface area contributed by atoms with Crippen LogP contribution >= 0.6 is 0 Å². The van der Waals surface area contributed by atoms with Crippen LogP contribution in [-0.2, 0) is 14.9 Å². The van der Waals surface area contributed by atoms with Gasteiger partial charge in [0.2, 0.25) is 0 Å². The number of carboxylic acids is 1. The SMILES string of the molecule is CCCCCCCCCCCCCCCC[C@@](C)(C(=O)O)S(=O)(=O)O. The zero-order valence-electron chi connectivity index (χ0n) is 16.1. The fourth-order valence-electron chi connectivity index (χ4n) is 3.00. The Balaban J connectivity index is 3.54. The van der Waals surface area contributed by atoms with Crippen molar-refractivity contribution in [2.45, 2.75) is 115 Å². The van der Waals surface area contributed by atoms with E-state index in [4.69, 9.17) is 9.66 Å². The molecule has 0 unspecified atom stereocenters. The highest BCUT2D eigenvalue weighted by Crippen LogP contribution is 2.24.